The number of hydrogen-bond acceptors (Lipinski definition) is 3. The summed E-state index contributed by atoms with van der Waals surface area (Å²) in [5.74, 6) is 0.987. The summed E-state index contributed by atoms with van der Waals surface area (Å²) >= 11 is 6.52. The van der Waals surface area contributed by atoms with Crippen molar-refractivity contribution in [2.75, 3.05) is 20.4 Å². The molecule has 0 aromatic heterocycles. The van der Waals surface area contributed by atoms with Gasteiger partial charge in [0.25, 0.3) is 5.91 Å². The Bertz CT molecular complexity index is 623. The fourth-order valence-corrected chi connectivity index (χ4v) is 6.36. The molecule has 0 radical (unpaired) electrons. The van der Waals surface area contributed by atoms with Crippen LogP contribution in [0.2, 0.25) is 18.1 Å². The normalized spacial score (nSPS) is 17.3. The summed E-state index contributed by atoms with van der Waals surface area (Å²) in [6, 6.07) is 1.93. The molecule has 0 saturated heterocycles. The highest BCUT2D eigenvalue weighted by Crippen LogP contribution is 2.40. The molecule has 1 amide bonds. The zero-order chi connectivity index (χ0) is 16.9. The van der Waals surface area contributed by atoms with Crippen LogP contribution >= 0.6 is 11.6 Å². The van der Waals surface area contributed by atoms with Crippen LogP contribution in [-0.4, -0.2) is 44.8 Å². The molecule has 22 heavy (non-hydrogen) atoms. The summed E-state index contributed by atoms with van der Waals surface area (Å²) in [5.41, 5.74) is 0.340. The third-order valence-corrected chi connectivity index (χ3v) is 7.48. The predicted molar refractivity (Wildman–Crippen MR) is 92.5 cm³/mol. The minimum absolute atomic E-state index is 0.0275. The fourth-order valence-electron chi connectivity index (χ4n) is 2.92. The Balaban J connectivity index is 2.76. The average Bonchev–Trinajstić information content (AvgIpc) is 2.40. The van der Waals surface area contributed by atoms with Gasteiger partial charge in [-0.25, -0.2) is 0 Å². The van der Waals surface area contributed by atoms with Gasteiger partial charge in [0.15, 0.2) is 11.5 Å². The van der Waals surface area contributed by atoms with E-state index in [1.165, 1.54) is 7.11 Å². The molecule has 0 aliphatic carbocycles. The molecule has 0 bridgehead atoms. The minimum atomic E-state index is -1.86. The summed E-state index contributed by atoms with van der Waals surface area (Å²) in [6.45, 7) is 10.7. The highest BCUT2D eigenvalue weighted by atomic mass is 35.5. The Kier molecular flexibility index (Phi) is 4.26. The van der Waals surface area contributed by atoms with Crippen molar-refractivity contribution in [3.63, 3.8) is 0 Å². The van der Waals surface area contributed by atoms with Crippen LogP contribution in [-0.2, 0) is 0 Å². The molecule has 0 saturated carbocycles. The standard InChI is InChI=1S/C16H24ClNO3Si/c1-16(2,3)18-9-22(6,7)11-8-10(20-4)14(21-5)13(17)12(11)15(18)19/h8H,9H2,1-7H3. The first-order chi connectivity index (χ1) is 10.0. The van der Waals surface area contributed by atoms with Gasteiger partial charge in [0.05, 0.1) is 24.8 Å². The van der Waals surface area contributed by atoms with Crippen molar-refractivity contribution < 1.29 is 14.3 Å². The lowest BCUT2D eigenvalue weighted by atomic mass is 10.0. The molecule has 4 nitrogen and oxygen atoms in total. The van der Waals surface area contributed by atoms with E-state index in [1.54, 1.807) is 7.11 Å². The van der Waals surface area contributed by atoms with E-state index in [-0.39, 0.29) is 11.4 Å². The lowest BCUT2D eigenvalue weighted by Crippen LogP contribution is -2.64. The van der Waals surface area contributed by atoms with Crippen LogP contribution in [0.3, 0.4) is 0 Å². The quantitative estimate of drug-likeness (QED) is 0.776. The predicted octanol–water partition coefficient (Wildman–Crippen LogP) is 3.07. The first-order valence-corrected chi connectivity index (χ1v) is 10.9. The number of nitrogens with zero attached hydrogens (tertiary/aromatic N) is 1. The van der Waals surface area contributed by atoms with Crippen molar-refractivity contribution in [2.45, 2.75) is 39.4 Å². The van der Waals surface area contributed by atoms with Crippen molar-refractivity contribution in [1.29, 1.82) is 0 Å². The number of fused-ring (bicyclic) bond motifs is 1. The van der Waals surface area contributed by atoms with E-state index in [9.17, 15) is 4.79 Å². The molecule has 0 unspecified atom stereocenters. The van der Waals surface area contributed by atoms with Crippen molar-refractivity contribution in [3.05, 3.63) is 16.7 Å². The van der Waals surface area contributed by atoms with E-state index in [0.717, 1.165) is 11.4 Å². The van der Waals surface area contributed by atoms with Gasteiger partial charge < -0.3 is 14.4 Å². The van der Waals surface area contributed by atoms with Gasteiger partial charge in [-0.1, -0.05) is 24.7 Å². The van der Waals surface area contributed by atoms with Crippen molar-refractivity contribution >= 4 is 30.8 Å². The van der Waals surface area contributed by atoms with Crippen LogP contribution in [0.15, 0.2) is 6.07 Å². The summed E-state index contributed by atoms with van der Waals surface area (Å²) in [7, 11) is 1.26. The van der Waals surface area contributed by atoms with Crippen LogP contribution < -0.4 is 14.7 Å². The van der Waals surface area contributed by atoms with Gasteiger partial charge >= 0.3 is 0 Å². The minimum Gasteiger partial charge on any atom is -0.493 e. The fraction of sp³-hybridized carbons (Fsp3) is 0.562. The SMILES string of the molecule is COc1cc2c(c(Cl)c1OC)C(=O)N(C(C)(C)C)C[Si]2(C)C. The van der Waals surface area contributed by atoms with Crippen LogP contribution in [0.4, 0.5) is 0 Å². The molecule has 6 heteroatoms. The molecular weight excluding hydrogens is 318 g/mol. The maximum atomic E-state index is 13.0. The van der Waals surface area contributed by atoms with E-state index >= 15 is 0 Å². The van der Waals surface area contributed by atoms with Crippen LogP contribution in [0.25, 0.3) is 0 Å². The number of benzene rings is 1. The Morgan fingerprint density at radius 1 is 1.23 bits per heavy atom. The van der Waals surface area contributed by atoms with Crippen molar-refractivity contribution in [3.8, 4) is 11.5 Å². The molecule has 0 N–H and O–H groups in total. The second-order valence-corrected chi connectivity index (χ2v) is 12.3. The lowest BCUT2D eigenvalue weighted by molar-refractivity contribution is 0.0623. The lowest BCUT2D eigenvalue weighted by Gasteiger charge is -2.45. The van der Waals surface area contributed by atoms with Crippen molar-refractivity contribution in [1.82, 2.24) is 4.90 Å². The monoisotopic (exact) mass is 341 g/mol. The van der Waals surface area contributed by atoms with E-state index in [0.29, 0.717) is 22.1 Å². The third kappa shape index (κ3) is 2.61. The third-order valence-electron chi connectivity index (χ3n) is 4.16. The maximum absolute atomic E-state index is 13.0. The molecule has 1 aromatic carbocycles. The zero-order valence-electron chi connectivity index (χ0n) is 14.3. The summed E-state index contributed by atoms with van der Waals surface area (Å²) < 4.78 is 10.8. The summed E-state index contributed by atoms with van der Waals surface area (Å²) in [6.07, 6.45) is 0.772. The Morgan fingerprint density at radius 3 is 2.27 bits per heavy atom. The van der Waals surface area contributed by atoms with E-state index in [1.807, 2.05) is 11.0 Å². The van der Waals surface area contributed by atoms with Gasteiger partial charge in [-0.05, 0) is 32.0 Å². The molecular formula is C16H24ClNO3Si. The van der Waals surface area contributed by atoms with Gasteiger partial charge in [-0.2, -0.15) is 0 Å². The van der Waals surface area contributed by atoms with Crippen LogP contribution in [0.1, 0.15) is 31.1 Å². The second kappa shape index (κ2) is 5.46. The zero-order valence-corrected chi connectivity index (χ0v) is 16.1. The Hall–Kier alpha value is -1.20. The Morgan fingerprint density at radius 2 is 1.82 bits per heavy atom. The van der Waals surface area contributed by atoms with Gasteiger partial charge in [0.2, 0.25) is 0 Å². The maximum Gasteiger partial charge on any atom is 0.255 e. The molecule has 1 aliphatic rings. The van der Waals surface area contributed by atoms with Gasteiger partial charge in [-0.15, -0.1) is 0 Å². The van der Waals surface area contributed by atoms with Gasteiger partial charge in [0.1, 0.15) is 8.07 Å². The number of ether oxygens (including phenoxy) is 2. The van der Waals surface area contributed by atoms with E-state index in [2.05, 4.69) is 33.9 Å². The molecule has 1 aromatic rings. The molecule has 2 rings (SSSR count). The smallest absolute Gasteiger partial charge is 0.255 e. The molecule has 1 heterocycles. The average molecular weight is 342 g/mol. The Labute approximate surface area is 138 Å². The number of rotatable bonds is 2. The highest BCUT2D eigenvalue weighted by molar-refractivity contribution is 6.91. The molecule has 0 spiro atoms. The van der Waals surface area contributed by atoms with E-state index in [4.69, 9.17) is 21.1 Å². The van der Waals surface area contributed by atoms with E-state index < -0.39 is 8.07 Å². The number of halogens is 1. The number of hydrogen-bond donors (Lipinski definition) is 0. The molecule has 122 valence electrons. The molecule has 0 fully saturated rings. The van der Waals surface area contributed by atoms with Gasteiger partial charge in [-0.3, -0.25) is 4.79 Å². The second-order valence-electron chi connectivity index (χ2n) is 7.29. The topological polar surface area (TPSA) is 38.8 Å². The first-order valence-electron chi connectivity index (χ1n) is 7.31. The van der Waals surface area contributed by atoms with Crippen LogP contribution in [0.5, 0.6) is 11.5 Å². The number of carbonyl (C=O) groups excluding carboxylic acids is 1. The van der Waals surface area contributed by atoms with Gasteiger partial charge in [0, 0.05) is 11.7 Å². The summed E-state index contributed by atoms with van der Waals surface area (Å²) in [5, 5.41) is 1.40. The van der Waals surface area contributed by atoms with Crippen LogP contribution in [0, 0.1) is 0 Å². The highest BCUT2D eigenvalue weighted by Gasteiger charge is 2.44. The number of methoxy groups -OCH3 is 2. The number of amides is 1. The van der Waals surface area contributed by atoms with Crippen molar-refractivity contribution in [2.24, 2.45) is 0 Å². The summed E-state index contributed by atoms with van der Waals surface area (Å²) in [4.78, 5) is 14.9. The largest absolute Gasteiger partial charge is 0.493 e. The molecule has 0 atom stereocenters. The first kappa shape index (κ1) is 17.2. The molecule has 1 aliphatic heterocycles. The number of carbonyl (C=O) groups is 1.